The van der Waals surface area contributed by atoms with Gasteiger partial charge >= 0.3 is 6.18 Å². The fourth-order valence-corrected chi connectivity index (χ4v) is 2.87. The standard InChI is InChI=1S/C17H27F3N4O2S/c1-4-21-16(22-11-6-12-23-27(25,26)5-2)24(3)13-14-7-9-15(10-8-14)17(18,19)20/h7-10,23H,4-6,11-13H2,1-3H3,(H,21,22). The highest BCUT2D eigenvalue weighted by atomic mass is 32.2. The summed E-state index contributed by atoms with van der Waals surface area (Å²) >= 11 is 0. The van der Waals surface area contributed by atoms with Crippen molar-refractivity contribution in [1.29, 1.82) is 0 Å². The molecule has 154 valence electrons. The first-order valence-corrected chi connectivity index (χ1v) is 10.4. The highest BCUT2D eigenvalue weighted by molar-refractivity contribution is 7.89. The lowest BCUT2D eigenvalue weighted by molar-refractivity contribution is -0.137. The van der Waals surface area contributed by atoms with Gasteiger partial charge in [-0.05, 0) is 38.0 Å². The average Bonchev–Trinajstić information content (AvgIpc) is 2.60. The first kappa shape index (κ1) is 23.2. The molecule has 0 saturated heterocycles. The monoisotopic (exact) mass is 408 g/mol. The van der Waals surface area contributed by atoms with Crippen LogP contribution in [-0.2, 0) is 22.7 Å². The average molecular weight is 408 g/mol. The molecule has 6 nitrogen and oxygen atoms in total. The zero-order valence-corrected chi connectivity index (χ0v) is 16.6. The van der Waals surface area contributed by atoms with E-state index in [1.165, 1.54) is 12.1 Å². The Morgan fingerprint density at radius 3 is 2.33 bits per heavy atom. The van der Waals surface area contributed by atoms with Gasteiger partial charge in [0, 0.05) is 33.2 Å². The second-order valence-corrected chi connectivity index (χ2v) is 8.03. The number of benzene rings is 1. The van der Waals surface area contributed by atoms with Crippen molar-refractivity contribution in [3.05, 3.63) is 35.4 Å². The molecule has 10 heteroatoms. The molecule has 0 atom stereocenters. The van der Waals surface area contributed by atoms with Crippen molar-refractivity contribution in [3.8, 4) is 0 Å². The van der Waals surface area contributed by atoms with Crippen LogP contribution in [0.2, 0.25) is 0 Å². The van der Waals surface area contributed by atoms with Gasteiger partial charge in [-0.1, -0.05) is 12.1 Å². The van der Waals surface area contributed by atoms with Crippen molar-refractivity contribution in [2.75, 3.05) is 32.4 Å². The second-order valence-electron chi connectivity index (χ2n) is 5.94. The van der Waals surface area contributed by atoms with Gasteiger partial charge in [0.1, 0.15) is 0 Å². The number of nitrogens with zero attached hydrogens (tertiary/aromatic N) is 2. The summed E-state index contributed by atoms with van der Waals surface area (Å²) in [6.07, 6.45) is -3.80. The van der Waals surface area contributed by atoms with Crippen molar-refractivity contribution in [2.45, 2.75) is 33.0 Å². The van der Waals surface area contributed by atoms with E-state index in [0.717, 1.165) is 17.7 Å². The Balaban J connectivity index is 2.62. The number of alkyl halides is 3. The molecule has 0 amide bonds. The Morgan fingerprint density at radius 2 is 1.81 bits per heavy atom. The van der Waals surface area contributed by atoms with Crippen LogP contribution >= 0.6 is 0 Å². The van der Waals surface area contributed by atoms with Crippen molar-refractivity contribution < 1.29 is 21.6 Å². The van der Waals surface area contributed by atoms with Crippen molar-refractivity contribution in [1.82, 2.24) is 14.9 Å². The summed E-state index contributed by atoms with van der Waals surface area (Å²) in [5.41, 5.74) is 0.0517. The lowest BCUT2D eigenvalue weighted by Gasteiger charge is -2.22. The molecule has 1 rings (SSSR count). The third-order valence-electron chi connectivity index (χ3n) is 3.70. The van der Waals surface area contributed by atoms with E-state index in [2.05, 4.69) is 15.0 Å². The van der Waals surface area contributed by atoms with E-state index in [9.17, 15) is 21.6 Å². The maximum absolute atomic E-state index is 12.6. The molecule has 27 heavy (non-hydrogen) atoms. The third-order valence-corrected chi connectivity index (χ3v) is 5.10. The van der Waals surface area contributed by atoms with Crippen LogP contribution in [0.25, 0.3) is 0 Å². The Labute approximate surface area is 158 Å². The van der Waals surface area contributed by atoms with E-state index in [4.69, 9.17) is 0 Å². The smallest absolute Gasteiger partial charge is 0.357 e. The Bertz CT molecular complexity index is 704. The molecule has 0 bridgehead atoms. The molecule has 2 N–H and O–H groups in total. The summed E-state index contributed by atoms with van der Waals surface area (Å²) in [5, 5.41) is 3.11. The third kappa shape index (κ3) is 8.61. The van der Waals surface area contributed by atoms with Crippen molar-refractivity contribution in [3.63, 3.8) is 0 Å². The van der Waals surface area contributed by atoms with Gasteiger partial charge in [0.25, 0.3) is 0 Å². The van der Waals surface area contributed by atoms with Crippen LogP contribution in [-0.4, -0.2) is 51.7 Å². The number of hydrogen-bond donors (Lipinski definition) is 2. The van der Waals surface area contributed by atoms with Gasteiger partial charge < -0.3 is 10.2 Å². The maximum Gasteiger partial charge on any atom is 0.416 e. The molecule has 0 unspecified atom stereocenters. The molecule has 0 aliphatic rings. The lowest BCUT2D eigenvalue weighted by Crippen LogP contribution is -2.38. The van der Waals surface area contributed by atoms with Gasteiger partial charge in [-0.15, -0.1) is 0 Å². The predicted molar refractivity (Wildman–Crippen MR) is 101 cm³/mol. The van der Waals surface area contributed by atoms with Crippen LogP contribution in [0.1, 0.15) is 31.4 Å². The predicted octanol–water partition coefficient (Wildman–Crippen LogP) is 2.43. The molecule has 0 aliphatic heterocycles. The van der Waals surface area contributed by atoms with Gasteiger partial charge in [-0.3, -0.25) is 4.99 Å². The van der Waals surface area contributed by atoms with Crippen molar-refractivity contribution >= 4 is 16.0 Å². The molecule has 0 aromatic heterocycles. The summed E-state index contributed by atoms with van der Waals surface area (Å²) in [6.45, 7) is 5.25. The Kier molecular flexibility index (Phi) is 9.04. The Hall–Kier alpha value is -1.81. The van der Waals surface area contributed by atoms with E-state index in [1.807, 2.05) is 11.8 Å². The fraction of sp³-hybridized carbons (Fsp3) is 0.588. The molecule has 0 spiro atoms. The first-order chi connectivity index (χ1) is 12.6. The van der Waals surface area contributed by atoms with Gasteiger partial charge in [0.05, 0.1) is 11.3 Å². The molecular weight excluding hydrogens is 381 g/mol. The number of guanidine groups is 1. The van der Waals surface area contributed by atoms with Crippen molar-refractivity contribution in [2.24, 2.45) is 4.99 Å². The number of halogens is 3. The number of aliphatic imine (C=N–C) groups is 1. The molecule has 0 aliphatic carbocycles. The summed E-state index contributed by atoms with van der Waals surface area (Å²) in [4.78, 5) is 6.24. The van der Waals surface area contributed by atoms with E-state index in [1.54, 1.807) is 14.0 Å². The number of nitrogens with one attached hydrogen (secondary N) is 2. The SMILES string of the molecule is CCNC(=NCCCNS(=O)(=O)CC)N(C)Cc1ccc(C(F)(F)F)cc1. The van der Waals surface area contributed by atoms with E-state index in [0.29, 0.717) is 38.6 Å². The number of sulfonamides is 1. The molecule has 0 saturated carbocycles. The van der Waals surface area contributed by atoms with Gasteiger partial charge in [-0.25, -0.2) is 13.1 Å². The topological polar surface area (TPSA) is 73.8 Å². The van der Waals surface area contributed by atoms with Gasteiger partial charge in [-0.2, -0.15) is 13.2 Å². The number of rotatable bonds is 9. The molecule has 0 heterocycles. The molecule has 1 aromatic rings. The molecular formula is C17H27F3N4O2S. The Morgan fingerprint density at radius 1 is 1.19 bits per heavy atom. The second kappa shape index (κ2) is 10.5. The largest absolute Gasteiger partial charge is 0.416 e. The van der Waals surface area contributed by atoms with E-state index < -0.39 is 21.8 Å². The lowest BCUT2D eigenvalue weighted by atomic mass is 10.1. The van der Waals surface area contributed by atoms with E-state index in [-0.39, 0.29) is 5.75 Å². The highest BCUT2D eigenvalue weighted by Gasteiger charge is 2.29. The van der Waals surface area contributed by atoms with Gasteiger partial charge in [0.15, 0.2) is 5.96 Å². The minimum atomic E-state index is -4.35. The maximum atomic E-state index is 12.6. The molecule has 0 radical (unpaired) electrons. The minimum Gasteiger partial charge on any atom is -0.357 e. The summed E-state index contributed by atoms with van der Waals surface area (Å²) in [5.74, 6) is 0.644. The normalized spacial score (nSPS) is 12.9. The fourth-order valence-electron chi connectivity index (χ4n) is 2.21. The summed E-state index contributed by atoms with van der Waals surface area (Å²) in [6, 6.07) is 5.02. The molecule has 1 aromatic carbocycles. The molecule has 0 fully saturated rings. The number of hydrogen-bond acceptors (Lipinski definition) is 3. The minimum absolute atomic E-state index is 0.0365. The van der Waals surface area contributed by atoms with Crippen LogP contribution in [0.15, 0.2) is 29.3 Å². The quantitative estimate of drug-likeness (QED) is 0.374. The van der Waals surface area contributed by atoms with Crippen LogP contribution in [0.4, 0.5) is 13.2 Å². The zero-order valence-electron chi connectivity index (χ0n) is 15.8. The zero-order chi connectivity index (χ0) is 20.5. The highest BCUT2D eigenvalue weighted by Crippen LogP contribution is 2.29. The van der Waals surface area contributed by atoms with Crippen LogP contribution in [0, 0.1) is 0 Å². The van der Waals surface area contributed by atoms with Gasteiger partial charge in [0.2, 0.25) is 10.0 Å². The van der Waals surface area contributed by atoms with Crippen LogP contribution in [0.3, 0.4) is 0 Å². The first-order valence-electron chi connectivity index (χ1n) is 8.72. The van der Waals surface area contributed by atoms with E-state index >= 15 is 0 Å². The summed E-state index contributed by atoms with van der Waals surface area (Å²) < 4.78 is 63.1. The summed E-state index contributed by atoms with van der Waals surface area (Å²) in [7, 11) is -1.42. The van der Waals surface area contributed by atoms with Crippen LogP contribution in [0.5, 0.6) is 0 Å². The van der Waals surface area contributed by atoms with Crippen LogP contribution < -0.4 is 10.0 Å².